The molecule has 0 fully saturated rings. The predicted octanol–water partition coefficient (Wildman–Crippen LogP) is 0.390. The molecular formula is C10H13N3O5. The number of aromatic nitrogens is 1. The van der Waals surface area contributed by atoms with E-state index in [1.165, 1.54) is 19.1 Å². The topological polar surface area (TPSA) is 118 Å². The third-order valence-electron chi connectivity index (χ3n) is 1.93. The first-order valence-electron chi connectivity index (χ1n) is 5.15. The Hall–Kier alpha value is -2.22. The number of ether oxygens (including phenoxy) is 2. The van der Waals surface area contributed by atoms with Gasteiger partial charge in [0.1, 0.15) is 13.2 Å². The van der Waals surface area contributed by atoms with Crippen molar-refractivity contribution < 1.29 is 19.2 Å². The fourth-order valence-corrected chi connectivity index (χ4v) is 1.17. The minimum Gasteiger partial charge on any atom is -0.482 e. The maximum atomic E-state index is 10.8. The second-order valence-electron chi connectivity index (χ2n) is 3.27. The summed E-state index contributed by atoms with van der Waals surface area (Å²) >= 11 is 0. The minimum atomic E-state index is -0.652. The van der Waals surface area contributed by atoms with Crippen LogP contribution in [0.15, 0.2) is 12.1 Å². The molecule has 0 aromatic carbocycles. The van der Waals surface area contributed by atoms with Gasteiger partial charge in [0.05, 0.1) is 6.54 Å². The maximum absolute atomic E-state index is 10.8. The number of carbonyl (C=O) groups is 1. The Labute approximate surface area is 103 Å². The summed E-state index contributed by atoms with van der Waals surface area (Å²) in [5.41, 5.74) is 5.74. The monoisotopic (exact) mass is 255 g/mol. The van der Waals surface area contributed by atoms with Gasteiger partial charge in [0.2, 0.25) is 5.75 Å². The van der Waals surface area contributed by atoms with Gasteiger partial charge >= 0.3 is 11.8 Å². The largest absolute Gasteiger partial charge is 0.482 e. The molecule has 0 amide bonds. The van der Waals surface area contributed by atoms with Crippen LogP contribution in [-0.4, -0.2) is 29.1 Å². The molecule has 98 valence electrons. The second kappa shape index (κ2) is 6.50. The van der Waals surface area contributed by atoms with Crippen molar-refractivity contribution in [2.45, 2.75) is 13.5 Å². The number of carbonyl (C=O) groups excluding carboxylic acids is 1. The van der Waals surface area contributed by atoms with E-state index < -0.39 is 16.7 Å². The Bertz CT molecular complexity index is 449. The van der Waals surface area contributed by atoms with Gasteiger partial charge in [0.25, 0.3) is 0 Å². The lowest BCUT2D eigenvalue weighted by atomic mass is 10.3. The highest BCUT2D eigenvalue weighted by atomic mass is 16.6. The van der Waals surface area contributed by atoms with Crippen LogP contribution in [0.1, 0.15) is 12.6 Å². The van der Waals surface area contributed by atoms with Gasteiger partial charge in [-0.05, 0) is 22.0 Å². The molecule has 1 rings (SSSR count). The molecule has 2 N–H and O–H groups in total. The average molecular weight is 255 g/mol. The van der Waals surface area contributed by atoms with Gasteiger partial charge in [-0.1, -0.05) is 0 Å². The summed E-state index contributed by atoms with van der Waals surface area (Å²) in [6.45, 7) is 1.41. The first-order valence-corrected chi connectivity index (χ1v) is 5.15. The van der Waals surface area contributed by atoms with Gasteiger partial charge in [-0.3, -0.25) is 4.79 Å². The maximum Gasteiger partial charge on any atom is 0.406 e. The molecule has 0 saturated heterocycles. The van der Waals surface area contributed by atoms with E-state index in [1.807, 2.05) is 0 Å². The summed E-state index contributed by atoms with van der Waals surface area (Å²) in [5, 5.41) is 10.8. The number of nitrogens with zero attached hydrogens (tertiary/aromatic N) is 2. The summed E-state index contributed by atoms with van der Waals surface area (Å²) in [6.07, 6.45) is 0. The van der Waals surface area contributed by atoms with Crippen molar-refractivity contribution in [1.29, 1.82) is 0 Å². The Balaban J connectivity index is 2.69. The normalized spacial score (nSPS) is 9.89. The van der Waals surface area contributed by atoms with Crippen LogP contribution in [0.4, 0.5) is 5.82 Å². The first kappa shape index (κ1) is 13.8. The predicted molar refractivity (Wildman–Crippen MR) is 60.9 cm³/mol. The minimum absolute atomic E-state index is 0.0179. The molecule has 1 aromatic heterocycles. The molecule has 0 bridgehead atoms. The summed E-state index contributed by atoms with van der Waals surface area (Å²) in [6, 6.07) is 2.95. The number of esters is 1. The Morgan fingerprint density at radius 3 is 2.78 bits per heavy atom. The van der Waals surface area contributed by atoms with Gasteiger partial charge in [-0.25, -0.2) is 0 Å². The second-order valence-corrected chi connectivity index (χ2v) is 3.27. The van der Waals surface area contributed by atoms with E-state index >= 15 is 0 Å². The Morgan fingerprint density at radius 1 is 1.50 bits per heavy atom. The van der Waals surface area contributed by atoms with Crippen molar-refractivity contribution in [2.24, 2.45) is 5.73 Å². The smallest absolute Gasteiger partial charge is 0.406 e. The Morgan fingerprint density at radius 2 is 2.22 bits per heavy atom. The highest BCUT2D eigenvalue weighted by Crippen LogP contribution is 2.24. The zero-order valence-electron chi connectivity index (χ0n) is 9.79. The molecule has 8 nitrogen and oxygen atoms in total. The lowest BCUT2D eigenvalue weighted by Gasteiger charge is -2.06. The van der Waals surface area contributed by atoms with Crippen LogP contribution in [0.2, 0.25) is 0 Å². The number of hydrogen-bond donors (Lipinski definition) is 1. The van der Waals surface area contributed by atoms with Crippen molar-refractivity contribution in [3.8, 4) is 5.75 Å². The fourth-order valence-electron chi connectivity index (χ4n) is 1.17. The van der Waals surface area contributed by atoms with E-state index in [1.54, 1.807) is 0 Å². The number of hydrogen-bond acceptors (Lipinski definition) is 7. The van der Waals surface area contributed by atoms with Crippen LogP contribution < -0.4 is 10.5 Å². The molecule has 0 aliphatic carbocycles. The van der Waals surface area contributed by atoms with Crippen LogP contribution in [0.3, 0.4) is 0 Å². The van der Waals surface area contributed by atoms with Crippen LogP contribution in [-0.2, 0) is 16.1 Å². The number of pyridine rings is 1. The van der Waals surface area contributed by atoms with Crippen LogP contribution in [0, 0.1) is 10.1 Å². The number of nitro groups is 1. The number of nitrogens with two attached hydrogens (primary N) is 1. The van der Waals surface area contributed by atoms with Gasteiger partial charge in [0, 0.05) is 6.92 Å². The molecule has 1 heterocycles. The average Bonchev–Trinajstić information content (AvgIpc) is 2.34. The van der Waals surface area contributed by atoms with E-state index in [0.717, 1.165) is 0 Å². The number of rotatable bonds is 6. The molecule has 0 aliphatic rings. The van der Waals surface area contributed by atoms with Gasteiger partial charge in [-0.2, -0.15) is 0 Å². The van der Waals surface area contributed by atoms with Crippen molar-refractivity contribution in [3.63, 3.8) is 0 Å². The standard InChI is InChI=1S/C10H13N3O5/c1-7(14)17-4-5-18-9-3-2-8(6-11)12-10(9)13(15)16/h2-3H,4-6,11H2,1H3. The molecule has 1 aromatic rings. The van der Waals surface area contributed by atoms with E-state index in [4.69, 9.17) is 10.5 Å². The molecule has 0 saturated carbocycles. The van der Waals surface area contributed by atoms with E-state index in [-0.39, 0.29) is 25.5 Å². The highest BCUT2D eigenvalue weighted by molar-refractivity contribution is 5.65. The Kier molecular flexibility index (Phi) is 5.00. The third-order valence-corrected chi connectivity index (χ3v) is 1.93. The van der Waals surface area contributed by atoms with Crippen LogP contribution in [0.5, 0.6) is 5.75 Å². The van der Waals surface area contributed by atoms with Gasteiger partial charge < -0.3 is 25.3 Å². The van der Waals surface area contributed by atoms with Crippen molar-refractivity contribution in [2.75, 3.05) is 13.2 Å². The van der Waals surface area contributed by atoms with E-state index in [9.17, 15) is 14.9 Å². The zero-order valence-corrected chi connectivity index (χ0v) is 9.79. The van der Waals surface area contributed by atoms with Gasteiger partial charge in [0.15, 0.2) is 5.69 Å². The van der Waals surface area contributed by atoms with Gasteiger partial charge in [-0.15, -0.1) is 0 Å². The zero-order chi connectivity index (χ0) is 13.5. The van der Waals surface area contributed by atoms with Crippen molar-refractivity contribution >= 4 is 11.8 Å². The van der Waals surface area contributed by atoms with Crippen molar-refractivity contribution in [1.82, 2.24) is 4.98 Å². The molecular weight excluding hydrogens is 242 g/mol. The van der Waals surface area contributed by atoms with Crippen LogP contribution >= 0.6 is 0 Å². The fraction of sp³-hybridized carbons (Fsp3) is 0.400. The lowest BCUT2D eigenvalue weighted by molar-refractivity contribution is -0.390. The molecule has 0 unspecified atom stereocenters. The summed E-state index contributed by atoms with van der Waals surface area (Å²) in [5.74, 6) is -0.824. The third kappa shape index (κ3) is 3.98. The summed E-state index contributed by atoms with van der Waals surface area (Å²) < 4.78 is 9.76. The quantitative estimate of drug-likeness (QED) is 0.338. The molecule has 0 radical (unpaired) electrons. The molecule has 0 spiro atoms. The van der Waals surface area contributed by atoms with Crippen LogP contribution in [0.25, 0.3) is 0 Å². The molecule has 18 heavy (non-hydrogen) atoms. The summed E-state index contributed by atoms with van der Waals surface area (Å²) in [7, 11) is 0. The highest BCUT2D eigenvalue weighted by Gasteiger charge is 2.18. The lowest BCUT2D eigenvalue weighted by Crippen LogP contribution is -2.11. The molecule has 8 heteroatoms. The van der Waals surface area contributed by atoms with E-state index in [2.05, 4.69) is 9.72 Å². The van der Waals surface area contributed by atoms with E-state index in [0.29, 0.717) is 5.69 Å². The molecule has 0 atom stereocenters. The SMILES string of the molecule is CC(=O)OCCOc1ccc(CN)nc1[N+](=O)[O-]. The van der Waals surface area contributed by atoms with Crippen molar-refractivity contribution in [3.05, 3.63) is 27.9 Å². The molecule has 0 aliphatic heterocycles. The summed E-state index contributed by atoms with van der Waals surface area (Å²) in [4.78, 5) is 24.4. The first-order chi connectivity index (χ1) is 8.54.